The second-order valence-corrected chi connectivity index (χ2v) is 4.28. The molecule has 3 heteroatoms. The number of benzene rings is 2. The Bertz CT molecular complexity index is 550. The highest BCUT2D eigenvalue weighted by atomic mass is 19.1. The first kappa shape index (κ1) is 12.6. The molecule has 0 saturated carbocycles. The van der Waals surface area contributed by atoms with E-state index in [-0.39, 0.29) is 5.82 Å². The van der Waals surface area contributed by atoms with E-state index >= 15 is 0 Å². The molecule has 2 nitrogen and oxygen atoms in total. The van der Waals surface area contributed by atoms with Crippen LogP contribution in [-0.2, 0) is 0 Å². The molecular weight excluding hydrogens is 231 g/mol. The second-order valence-electron chi connectivity index (χ2n) is 4.28. The first-order valence-electron chi connectivity index (χ1n) is 5.78. The van der Waals surface area contributed by atoms with Crippen molar-refractivity contribution >= 4 is 0 Å². The van der Waals surface area contributed by atoms with Crippen LogP contribution in [-0.4, -0.2) is 5.11 Å². The van der Waals surface area contributed by atoms with Crippen molar-refractivity contribution in [2.24, 2.45) is 0 Å². The zero-order chi connectivity index (χ0) is 13.1. The fraction of sp³-hybridized carbons (Fsp3) is 0.200. The number of ether oxygens (including phenoxy) is 1. The molecular formula is C15H15FO2. The van der Waals surface area contributed by atoms with E-state index in [1.807, 2.05) is 31.2 Å². The topological polar surface area (TPSA) is 29.5 Å². The van der Waals surface area contributed by atoms with Crippen LogP contribution in [0.1, 0.15) is 24.2 Å². The van der Waals surface area contributed by atoms with E-state index in [0.29, 0.717) is 17.1 Å². The maximum atomic E-state index is 13.1. The molecule has 0 aromatic heterocycles. The fourth-order valence-electron chi connectivity index (χ4n) is 1.74. The zero-order valence-corrected chi connectivity index (χ0v) is 10.4. The first-order chi connectivity index (χ1) is 8.56. The molecule has 0 saturated heterocycles. The van der Waals surface area contributed by atoms with Gasteiger partial charge in [0.1, 0.15) is 17.3 Å². The summed E-state index contributed by atoms with van der Waals surface area (Å²) in [5.41, 5.74) is 1.52. The predicted molar refractivity (Wildman–Crippen MR) is 68.3 cm³/mol. The van der Waals surface area contributed by atoms with Gasteiger partial charge in [-0.2, -0.15) is 0 Å². The highest BCUT2D eigenvalue weighted by Crippen LogP contribution is 2.30. The first-order valence-corrected chi connectivity index (χ1v) is 5.78. The summed E-state index contributed by atoms with van der Waals surface area (Å²) in [6.45, 7) is 3.55. The van der Waals surface area contributed by atoms with Crippen molar-refractivity contribution < 1.29 is 14.2 Å². The van der Waals surface area contributed by atoms with Crippen LogP contribution in [0, 0.1) is 12.7 Å². The van der Waals surface area contributed by atoms with Crippen molar-refractivity contribution in [2.75, 3.05) is 0 Å². The molecule has 0 unspecified atom stereocenters. The van der Waals surface area contributed by atoms with Gasteiger partial charge < -0.3 is 9.84 Å². The molecule has 0 aliphatic heterocycles. The molecule has 0 amide bonds. The predicted octanol–water partition coefficient (Wildman–Crippen LogP) is 3.98. The molecule has 0 heterocycles. The monoisotopic (exact) mass is 246 g/mol. The van der Waals surface area contributed by atoms with E-state index in [0.717, 1.165) is 5.56 Å². The number of halogens is 1. The molecule has 2 rings (SSSR count). The Labute approximate surface area is 106 Å². The van der Waals surface area contributed by atoms with Crippen LogP contribution in [0.5, 0.6) is 11.5 Å². The molecule has 0 radical (unpaired) electrons. The minimum Gasteiger partial charge on any atom is -0.457 e. The Hall–Kier alpha value is -1.87. The highest BCUT2D eigenvalue weighted by Gasteiger charge is 2.11. The standard InChI is InChI=1S/C15H15FO2/c1-10-4-3-5-13(8-10)18-15-7-6-12(16)9-14(15)11(2)17/h3-9,11,17H,1-2H3/t11-/m0/s1. The zero-order valence-electron chi connectivity index (χ0n) is 10.4. The Balaban J connectivity index is 2.34. The Kier molecular flexibility index (Phi) is 3.63. The van der Waals surface area contributed by atoms with Gasteiger partial charge in [-0.1, -0.05) is 12.1 Å². The largest absolute Gasteiger partial charge is 0.457 e. The van der Waals surface area contributed by atoms with Gasteiger partial charge in [0, 0.05) is 5.56 Å². The van der Waals surface area contributed by atoms with Gasteiger partial charge in [0.2, 0.25) is 0 Å². The molecule has 18 heavy (non-hydrogen) atoms. The van der Waals surface area contributed by atoms with Crippen LogP contribution >= 0.6 is 0 Å². The molecule has 1 atom stereocenters. The van der Waals surface area contributed by atoms with Crippen LogP contribution in [0.25, 0.3) is 0 Å². The van der Waals surface area contributed by atoms with Crippen LogP contribution in [0.4, 0.5) is 4.39 Å². The van der Waals surface area contributed by atoms with E-state index in [2.05, 4.69) is 0 Å². The van der Waals surface area contributed by atoms with E-state index in [1.165, 1.54) is 18.2 Å². The number of aryl methyl sites for hydroxylation is 1. The van der Waals surface area contributed by atoms with Crippen LogP contribution in [0.3, 0.4) is 0 Å². The minimum atomic E-state index is -0.777. The second kappa shape index (κ2) is 5.19. The number of aliphatic hydroxyl groups excluding tert-OH is 1. The van der Waals surface area contributed by atoms with Crippen molar-refractivity contribution in [3.8, 4) is 11.5 Å². The average Bonchev–Trinajstić information content (AvgIpc) is 2.31. The molecule has 0 spiro atoms. The molecule has 2 aromatic carbocycles. The number of hydrogen-bond acceptors (Lipinski definition) is 2. The van der Waals surface area contributed by atoms with Crippen molar-refractivity contribution in [3.63, 3.8) is 0 Å². The SMILES string of the molecule is Cc1cccc(Oc2ccc(F)cc2[C@H](C)O)c1. The molecule has 1 N–H and O–H groups in total. The summed E-state index contributed by atoms with van der Waals surface area (Å²) in [6.07, 6.45) is -0.777. The van der Waals surface area contributed by atoms with Crippen molar-refractivity contribution in [3.05, 3.63) is 59.4 Å². The summed E-state index contributed by atoms with van der Waals surface area (Å²) in [5.74, 6) is 0.753. The number of rotatable bonds is 3. The van der Waals surface area contributed by atoms with Gasteiger partial charge in [-0.3, -0.25) is 0 Å². The minimum absolute atomic E-state index is 0.387. The lowest BCUT2D eigenvalue weighted by Crippen LogP contribution is -1.97. The lowest BCUT2D eigenvalue weighted by atomic mass is 10.1. The van der Waals surface area contributed by atoms with E-state index in [9.17, 15) is 9.50 Å². The molecule has 0 fully saturated rings. The highest BCUT2D eigenvalue weighted by molar-refractivity contribution is 5.40. The average molecular weight is 246 g/mol. The lowest BCUT2D eigenvalue weighted by Gasteiger charge is -2.13. The van der Waals surface area contributed by atoms with Crippen LogP contribution < -0.4 is 4.74 Å². The van der Waals surface area contributed by atoms with Gasteiger partial charge in [0.15, 0.2) is 0 Å². The molecule has 0 bridgehead atoms. The summed E-state index contributed by atoms with van der Waals surface area (Å²) in [6, 6.07) is 11.7. The lowest BCUT2D eigenvalue weighted by molar-refractivity contribution is 0.195. The van der Waals surface area contributed by atoms with Gasteiger partial charge in [-0.15, -0.1) is 0 Å². The summed E-state index contributed by atoms with van der Waals surface area (Å²) in [4.78, 5) is 0. The molecule has 2 aromatic rings. The Morgan fingerprint density at radius 2 is 1.94 bits per heavy atom. The summed E-state index contributed by atoms with van der Waals surface area (Å²) in [5, 5.41) is 9.61. The maximum absolute atomic E-state index is 13.1. The van der Waals surface area contributed by atoms with Gasteiger partial charge in [-0.05, 0) is 49.7 Å². The third-order valence-electron chi connectivity index (χ3n) is 2.64. The van der Waals surface area contributed by atoms with E-state index < -0.39 is 6.10 Å². The third kappa shape index (κ3) is 2.87. The van der Waals surface area contributed by atoms with Crippen molar-refractivity contribution in [2.45, 2.75) is 20.0 Å². The third-order valence-corrected chi connectivity index (χ3v) is 2.64. The van der Waals surface area contributed by atoms with Gasteiger partial charge in [-0.25, -0.2) is 4.39 Å². The summed E-state index contributed by atoms with van der Waals surface area (Å²) in [7, 11) is 0. The quantitative estimate of drug-likeness (QED) is 0.887. The summed E-state index contributed by atoms with van der Waals surface area (Å²) < 4.78 is 18.8. The van der Waals surface area contributed by atoms with Crippen molar-refractivity contribution in [1.29, 1.82) is 0 Å². The van der Waals surface area contributed by atoms with Crippen LogP contribution in [0.2, 0.25) is 0 Å². The van der Waals surface area contributed by atoms with Crippen LogP contribution in [0.15, 0.2) is 42.5 Å². The van der Waals surface area contributed by atoms with Crippen molar-refractivity contribution in [1.82, 2.24) is 0 Å². The van der Waals surface area contributed by atoms with E-state index in [4.69, 9.17) is 4.74 Å². The van der Waals surface area contributed by atoms with E-state index in [1.54, 1.807) is 6.92 Å². The maximum Gasteiger partial charge on any atom is 0.133 e. The number of hydrogen-bond donors (Lipinski definition) is 1. The van der Waals surface area contributed by atoms with Gasteiger partial charge in [0.05, 0.1) is 6.10 Å². The van der Waals surface area contributed by atoms with Gasteiger partial charge >= 0.3 is 0 Å². The Morgan fingerprint density at radius 3 is 2.61 bits per heavy atom. The Morgan fingerprint density at radius 1 is 1.17 bits per heavy atom. The molecule has 0 aliphatic rings. The fourth-order valence-corrected chi connectivity index (χ4v) is 1.74. The number of aliphatic hydroxyl groups is 1. The normalized spacial score (nSPS) is 12.2. The summed E-state index contributed by atoms with van der Waals surface area (Å²) >= 11 is 0. The van der Waals surface area contributed by atoms with Gasteiger partial charge in [0.25, 0.3) is 0 Å². The molecule has 94 valence electrons. The smallest absolute Gasteiger partial charge is 0.133 e. The molecule has 0 aliphatic carbocycles.